The molecule has 0 bridgehead atoms. The predicted molar refractivity (Wildman–Crippen MR) is 73.6 cm³/mol. The molecule has 1 atom stereocenters. The van der Waals surface area contributed by atoms with Gasteiger partial charge in [-0.2, -0.15) is 0 Å². The van der Waals surface area contributed by atoms with E-state index in [4.69, 9.17) is 39.5 Å². The van der Waals surface area contributed by atoms with Crippen molar-refractivity contribution in [1.29, 1.82) is 0 Å². The second-order valence-corrected chi connectivity index (χ2v) is 6.62. The lowest BCUT2D eigenvalue weighted by Gasteiger charge is -2.23. The summed E-state index contributed by atoms with van der Waals surface area (Å²) in [5, 5.41) is 0. The lowest BCUT2D eigenvalue weighted by molar-refractivity contribution is 0.147. The molecule has 0 aliphatic heterocycles. The molecule has 0 aromatic rings. The topological polar surface area (TPSA) is 9.23 Å². The van der Waals surface area contributed by atoms with Crippen molar-refractivity contribution in [2.75, 3.05) is 13.7 Å². The molecule has 0 spiro atoms. The summed E-state index contributed by atoms with van der Waals surface area (Å²) in [6, 6.07) is 0. The summed E-state index contributed by atoms with van der Waals surface area (Å²) in [4.78, 5) is 0. The Bertz CT molecular complexity index is 157. The lowest BCUT2D eigenvalue weighted by atomic mass is 10.0. The molecule has 0 fully saturated rings. The molecule has 0 saturated carbocycles. The molecule has 0 aliphatic carbocycles. The number of alkyl halides is 3. The van der Waals surface area contributed by atoms with Crippen LogP contribution in [0.4, 0.5) is 0 Å². The van der Waals surface area contributed by atoms with Gasteiger partial charge in [0.05, 0.1) is 6.61 Å². The minimum atomic E-state index is -1.20. The lowest BCUT2D eigenvalue weighted by Crippen LogP contribution is -2.23. The Hall–Kier alpha value is 0.830. The molecule has 98 valence electrons. The van der Waals surface area contributed by atoms with Crippen LogP contribution in [-0.2, 0) is 4.74 Å². The summed E-state index contributed by atoms with van der Waals surface area (Å²) >= 11 is 17.7. The monoisotopic (exact) mass is 288 g/mol. The van der Waals surface area contributed by atoms with Gasteiger partial charge in [0.25, 0.3) is 0 Å². The van der Waals surface area contributed by atoms with Crippen LogP contribution < -0.4 is 0 Å². The highest BCUT2D eigenvalue weighted by atomic mass is 35.6. The van der Waals surface area contributed by atoms with Crippen LogP contribution in [0.15, 0.2) is 0 Å². The molecule has 0 radical (unpaired) electrons. The SMILES string of the molecule is CCCCCCCCC(COC)C(Cl)(Cl)Cl. The van der Waals surface area contributed by atoms with Gasteiger partial charge in [-0.1, -0.05) is 80.3 Å². The maximum atomic E-state index is 5.89. The van der Waals surface area contributed by atoms with Crippen LogP contribution in [0.5, 0.6) is 0 Å². The van der Waals surface area contributed by atoms with Gasteiger partial charge < -0.3 is 4.74 Å². The second kappa shape index (κ2) is 9.82. The quantitative estimate of drug-likeness (QED) is 0.409. The Kier molecular flexibility index (Phi) is 10.3. The number of ether oxygens (including phenoxy) is 1. The number of halogens is 3. The van der Waals surface area contributed by atoms with Crippen LogP contribution in [-0.4, -0.2) is 17.5 Å². The molecule has 4 heteroatoms. The van der Waals surface area contributed by atoms with Gasteiger partial charge >= 0.3 is 0 Å². The van der Waals surface area contributed by atoms with E-state index in [9.17, 15) is 0 Å². The van der Waals surface area contributed by atoms with Gasteiger partial charge in [0, 0.05) is 13.0 Å². The predicted octanol–water partition coefficient (Wildman–Crippen LogP) is 5.37. The van der Waals surface area contributed by atoms with Gasteiger partial charge in [-0.05, 0) is 6.42 Å². The summed E-state index contributed by atoms with van der Waals surface area (Å²) in [5.74, 6) is 0.00803. The molecule has 0 aliphatic rings. The van der Waals surface area contributed by atoms with Crippen LogP contribution in [0.25, 0.3) is 0 Å². The molecule has 16 heavy (non-hydrogen) atoms. The van der Waals surface area contributed by atoms with E-state index >= 15 is 0 Å². The number of hydrogen-bond acceptors (Lipinski definition) is 1. The van der Waals surface area contributed by atoms with Crippen molar-refractivity contribution in [3.63, 3.8) is 0 Å². The van der Waals surface area contributed by atoms with Crippen molar-refractivity contribution in [3.8, 4) is 0 Å². The average molecular weight is 290 g/mol. The highest BCUT2D eigenvalue weighted by Crippen LogP contribution is 2.38. The summed E-state index contributed by atoms with van der Waals surface area (Å²) in [5.41, 5.74) is 0. The standard InChI is InChI=1S/C12H23Cl3O/c1-3-4-5-6-7-8-9-11(10-16-2)12(13,14)15/h11H,3-10H2,1-2H3. The number of rotatable bonds is 9. The largest absolute Gasteiger partial charge is 0.384 e. The van der Waals surface area contributed by atoms with Crippen LogP contribution in [0.3, 0.4) is 0 Å². The summed E-state index contributed by atoms with van der Waals surface area (Å²) in [6.45, 7) is 2.74. The van der Waals surface area contributed by atoms with Crippen LogP contribution in [0, 0.1) is 5.92 Å². The zero-order valence-electron chi connectivity index (χ0n) is 10.3. The van der Waals surface area contributed by atoms with Crippen molar-refractivity contribution in [3.05, 3.63) is 0 Å². The Labute approximate surface area is 115 Å². The van der Waals surface area contributed by atoms with E-state index < -0.39 is 3.79 Å². The van der Waals surface area contributed by atoms with E-state index in [0.29, 0.717) is 6.61 Å². The van der Waals surface area contributed by atoms with Crippen molar-refractivity contribution >= 4 is 34.8 Å². The van der Waals surface area contributed by atoms with Crippen molar-refractivity contribution in [2.45, 2.75) is 55.7 Å². The number of methoxy groups -OCH3 is 1. The van der Waals surface area contributed by atoms with E-state index in [2.05, 4.69) is 6.92 Å². The van der Waals surface area contributed by atoms with E-state index in [0.717, 1.165) is 12.8 Å². The molecule has 0 rings (SSSR count). The summed E-state index contributed by atoms with van der Waals surface area (Å²) in [7, 11) is 1.64. The Morgan fingerprint density at radius 1 is 1.00 bits per heavy atom. The minimum Gasteiger partial charge on any atom is -0.384 e. The van der Waals surface area contributed by atoms with Gasteiger partial charge in [-0.15, -0.1) is 0 Å². The van der Waals surface area contributed by atoms with E-state index in [1.807, 2.05) is 0 Å². The first kappa shape index (κ1) is 16.8. The highest BCUT2D eigenvalue weighted by molar-refractivity contribution is 6.67. The van der Waals surface area contributed by atoms with Crippen molar-refractivity contribution < 1.29 is 4.74 Å². The van der Waals surface area contributed by atoms with Crippen molar-refractivity contribution in [1.82, 2.24) is 0 Å². The maximum absolute atomic E-state index is 5.89. The molecule has 0 aromatic carbocycles. The molecular weight excluding hydrogens is 266 g/mol. The number of unbranched alkanes of at least 4 members (excludes halogenated alkanes) is 5. The molecular formula is C12H23Cl3O. The third-order valence-electron chi connectivity index (χ3n) is 2.74. The first-order valence-electron chi connectivity index (χ1n) is 6.08. The average Bonchev–Trinajstić information content (AvgIpc) is 2.20. The van der Waals surface area contributed by atoms with E-state index in [1.165, 1.54) is 32.1 Å². The van der Waals surface area contributed by atoms with Crippen molar-refractivity contribution in [2.24, 2.45) is 5.92 Å². The summed E-state index contributed by atoms with van der Waals surface area (Å²) < 4.78 is 3.88. The maximum Gasteiger partial charge on any atom is 0.195 e. The van der Waals surface area contributed by atoms with Gasteiger partial charge in [-0.25, -0.2) is 0 Å². The smallest absolute Gasteiger partial charge is 0.195 e. The van der Waals surface area contributed by atoms with Gasteiger partial charge in [-0.3, -0.25) is 0 Å². The third kappa shape index (κ3) is 8.92. The number of hydrogen-bond donors (Lipinski definition) is 0. The fraction of sp³-hybridized carbons (Fsp3) is 1.00. The molecule has 1 unspecified atom stereocenters. The molecule has 1 nitrogen and oxygen atoms in total. The Morgan fingerprint density at radius 2 is 1.56 bits per heavy atom. The van der Waals surface area contributed by atoms with Crippen LogP contribution in [0.1, 0.15) is 51.9 Å². The Morgan fingerprint density at radius 3 is 2.06 bits per heavy atom. The fourth-order valence-corrected chi connectivity index (χ4v) is 2.23. The normalized spacial score (nSPS) is 14.1. The molecule has 0 amide bonds. The molecule has 0 N–H and O–H groups in total. The zero-order valence-corrected chi connectivity index (χ0v) is 12.5. The van der Waals surface area contributed by atoms with Gasteiger partial charge in [0.15, 0.2) is 3.79 Å². The first-order chi connectivity index (χ1) is 7.52. The Balaban J connectivity index is 3.61. The van der Waals surface area contributed by atoms with Crippen LogP contribution in [0.2, 0.25) is 0 Å². The second-order valence-electron chi connectivity index (χ2n) is 4.25. The van der Waals surface area contributed by atoms with Crippen LogP contribution >= 0.6 is 34.8 Å². The molecule has 0 saturated heterocycles. The minimum absolute atomic E-state index is 0.00803. The van der Waals surface area contributed by atoms with E-state index in [1.54, 1.807) is 7.11 Å². The zero-order chi connectivity index (χ0) is 12.4. The van der Waals surface area contributed by atoms with Gasteiger partial charge in [0.1, 0.15) is 0 Å². The molecule has 0 heterocycles. The molecule has 0 aromatic heterocycles. The van der Waals surface area contributed by atoms with E-state index in [-0.39, 0.29) is 5.92 Å². The first-order valence-corrected chi connectivity index (χ1v) is 7.21. The fourth-order valence-electron chi connectivity index (χ4n) is 1.71. The highest BCUT2D eigenvalue weighted by Gasteiger charge is 2.31. The summed E-state index contributed by atoms with van der Waals surface area (Å²) in [6.07, 6.45) is 8.47. The third-order valence-corrected chi connectivity index (χ3v) is 3.66. The van der Waals surface area contributed by atoms with Gasteiger partial charge in [0.2, 0.25) is 0 Å².